The van der Waals surface area contributed by atoms with Gasteiger partial charge in [-0.05, 0) is 75.2 Å². The quantitative estimate of drug-likeness (QED) is 0.354. The van der Waals surface area contributed by atoms with Crippen molar-refractivity contribution in [3.8, 4) is 11.5 Å². The molecule has 2 aliphatic heterocycles. The predicted octanol–water partition coefficient (Wildman–Crippen LogP) is 5.81. The zero-order valence-electron chi connectivity index (χ0n) is 22.1. The molecule has 202 valence electrons. The third-order valence-corrected chi connectivity index (χ3v) is 7.02. The summed E-state index contributed by atoms with van der Waals surface area (Å²) in [4.78, 5) is 7.10. The van der Waals surface area contributed by atoms with E-state index in [0.29, 0.717) is 41.8 Å². The first-order valence-corrected chi connectivity index (χ1v) is 13.5. The predicted molar refractivity (Wildman–Crippen MR) is 150 cm³/mol. The molecule has 1 saturated heterocycles. The molecule has 0 amide bonds. The SMILES string of the molecule is COc1ccc2nc(Nc3ccc(OCCN4CCCC4)cc3)nn2c1C1=COC=C(CC2=CC=CCC2)O1. The topological polar surface area (TPSA) is 82.4 Å². The van der Waals surface area contributed by atoms with Crippen molar-refractivity contribution in [2.45, 2.75) is 32.1 Å². The number of aromatic nitrogens is 3. The van der Waals surface area contributed by atoms with Crippen LogP contribution in [0.5, 0.6) is 11.5 Å². The molecule has 0 radical (unpaired) electrons. The average Bonchev–Trinajstić information content (AvgIpc) is 3.64. The number of allylic oxidation sites excluding steroid dienone is 4. The first kappa shape index (κ1) is 25.1. The fraction of sp³-hybridized carbons (Fsp3) is 0.333. The Morgan fingerprint density at radius 1 is 1.05 bits per heavy atom. The third-order valence-electron chi connectivity index (χ3n) is 7.02. The summed E-state index contributed by atoms with van der Waals surface area (Å²) in [5.74, 6) is 3.15. The van der Waals surface area contributed by atoms with Crippen molar-refractivity contribution in [2.75, 3.05) is 38.7 Å². The molecule has 1 fully saturated rings. The van der Waals surface area contributed by atoms with Crippen molar-refractivity contribution < 1.29 is 18.9 Å². The van der Waals surface area contributed by atoms with Gasteiger partial charge in [0, 0.05) is 18.7 Å². The van der Waals surface area contributed by atoms with E-state index in [0.717, 1.165) is 36.6 Å². The number of ether oxygens (including phenoxy) is 4. The van der Waals surface area contributed by atoms with Crippen LogP contribution in [0.2, 0.25) is 0 Å². The maximum absolute atomic E-state index is 6.26. The molecule has 3 aromatic rings. The summed E-state index contributed by atoms with van der Waals surface area (Å²) in [6, 6.07) is 11.6. The van der Waals surface area contributed by atoms with Gasteiger partial charge in [-0.2, -0.15) is 4.98 Å². The third kappa shape index (κ3) is 5.93. The number of benzene rings is 1. The van der Waals surface area contributed by atoms with E-state index >= 15 is 0 Å². The van der Waals surface area contributed by atoms with Crippen LogP contribution in [0.1, 0.15) is 37.8 Å². The lowest BCUT2D eigenvalue weighted by Crippen LogP contribution is -2.25. The monoisotopic (exact) mass is 527 g/mol. The molecule has 0 atom stereocenters. The van der Waals surface area contributed by atoms with Crippen LogP contribution in [0.15, 0.2) is 78.5 Å². The summed E-state index contributed by atoms with van der Waals surface area (Å²) >= 11 is 0. The maximum Gasteiger partial charge on any atom is 0.247 e. The Morgan fingerprint density at radius 2 is 1.92 bits per heavy atom. The molecular weight excluding hydrogens is 494 g/mol. The summed E-state index contributed by atoms with van der Waals surface area (Å²) in [6.45, 7) is 4.01. The van der Waals surface area contributed by atoms with E-state index in [-0.39, 0.29) is 0 Å². The van der Waals surface area contributed by atoms with E-state index in [4.69, 9.17) is 24.0 Å². The van der Waals surface area contributed by atoms with Gasteiger partial charge in [0.1, 0.15) is 36.4 Å². The number of nitrogens with one attached hydrogen (secondary N) is 1. The number of anilines is 2. The van der Waals surface area contributed by atoms with Crippen LogP contribution in [0.4, 0.5) is 11.6 Å². The maximum atomic E-state index is 6.26. The number of likely N-dealkylation sites (tertiary alicyclic amines) is 1. The molecule has 6 rings (SSSR count). The minimum absolute atomic E-state index is 0.458. The van der Waals surface area contributed by atoms with Gasteiger partial charge in [0.05, 0.1) is 7.11 Å². The van der Waals surface area contributed by atoms with Crippen molar-refractivity contribution in [1.29, 1.82) is 0 Å². The van der Waals surface area contributed by atoms with Crippen LogP contribution in [0, 0.1) is 0 Å². The summed E-state index contributed by atoms with van der Waals surface area (Å²) in [5.41, 5.74) is 3.44. The minimum atomic E-state index is 0.458. The largest absolute Gasteiger partial charge is 0.494 e. The number of nitrogens with zero attached hydrogens (tertiary/aromatic N) is 4. The van der Waals surface area contributed by atoms with Gasteiger partial charge in [-0.15, -0.1) is 5.10 Å². The van der Waals surface area contributed by atoms with Crippen LogP contribution in [-0.2, 0) is 9.47 Å². The first-order valence-electron chi connectivity index (χ1n) is 13.5. The van der Waals surface area contributed by atoms with Crippen LogP contribution in [0.3, 0.4) is 0 Å². The molecule has 2 aromatic heterocycles. The first-order chi connectivity index (χ1) is 19.2. The Balaban J connectivity index is 1.15. The highest BCUT2D eigenvalue weighted by atomic mass is 16.5. The Hall–Kier alpha value is -4.24. The molecule has 0 bridgehead atoms. The van der Waals surface area contributed by atoms with Gasteiger partial charge in [-0.3, -0.25) is 4.90 Å². The van der Waals surface area contributed by atoms with Crippen LogP contribution < -0.4 is 14.8 Å². The Kier molecular flexibility index (Phi) is 7.49. The number of pyridine rings is 1. The smallest absolute Gasteiger partial charge is 0.247 e. The number of hydrogen-bond acceptors (Lipinski definition) is 8. The van der Waals surface area contributed by atoms with Gasteiger partial charge in [0.25, 0.3) is 0 Å². The minimum Gasteiger partial charge on any atom is -0.494 e. The van der Waals surface area contributed by atoms with E-state index in [9.17, 15) is 0 Å². The Bertz CT molecular complexity index is 1430. The van der Waals surface area contributed by atoms with Crippen molar-refractivity contribution in [1.82, 2.24) is 19.5 Å². The summed E-state index contributed by atoms with van der Waals surface area (Å²) in [5, 5.41) is 8.00. The number of rotatable bonds is 10. The van der Waals surface area contributed by atoms with Crippen molar-refractivity contribution in [2.24, 2.45) is 0 Å². The molecule has 9 nitrogen and oxygen atoms in total. The lowest BCUT2D eigenvalue weighted by Gasteiger charge is -2.20. The molecule has 0 saturated carbocycles. The molecule has 1 aromatic carbocycles. The zero-order chi connectivity index (χ0) is 26.4. The number of fused-ring (bicyclic) bond motifs is 1. The molecule has 1 N–H and O–H groups in total. The highest BCUT2D eigenvalue weighted by Crippen LogP contribution is 2.34. The van der Waals surface area contributed by atoms with Gasteiger partial charge in [0.15, 0.2) is 17.1 Å². The van der Waals surface area contributed by atoms with Crippen LogP contribution in [0.25, 0.3) is 11.4 Å². The molecular formula is C30H33N5O4. The van der Waals surface area contributed by atoms with Gasteiger partial charge in [-0.25, -0.2) is 4.52 Å². The fourth-order valence-corrected chi connectivity index (χ4v) is 5.00. The van der Waals surface area contributed by atoms with Crippen LogP contribution >= 0.6 is 0 Å². The molecule has 39 heavy (non-hydrogen) atoms. The van der Waals surface area contributed by atoms with E-state index in [1.807, 2.05) is 36.4 Å². The highest BCUT2D eigenvalue weighted by molar-refractivity contribution is 5.67. The highest BCUT2D eigenvalue weighted by Gasteiger charge is 2.22. The van der Waals surface area contributed by atoms with E-state index < -0.39 is 0 Å². The molecule has 4 heterocycles. The second kappa shape index (κ2) is 11.7. The van der Waals surface area contributed by atoms with Crippen molar-refractivity contribution in [3.05, 3.63) is 84.2 Å². The molecule has 3 aliphatic rings. The molecule has 0 spiro atoms. The second-order valence-electron chi connectivity index (χ2n) is 9.78. The normalized spacial score (nSPS) is 17.2. The van der Waals surface area contributed by atoms with Crippen molar-refractivity contribution >= 4 is 23.0 Å². The second-order valence-corrected chi connectivity index (χ2v) is 9.78. The van der Waals surface area contributed by atoms with E-state index in [1.165, 1.54) is 31.5 Å². The Morgan fingerprint density at radius 3 is 2.72 bits per heavy atom. The fourth-order valence-electron chi connectivity index (χ4n) is 5.00. The standard InChI is InChI=1S/C30H33N5O4/c1-36-26-13-14-28-32-30(31-23-9-11-24(12-10-23)38-18-17-34-15-5-6-16-34)33-35(28)29(26)27-21-37-20-25(39-27)19-22-7-3-2-4-8-22/h2-3,7,9-14,20-21H,4-6,8,15-19H2,1H3,(H,31,33). The Labute approximate surface area is 228 Å². The molecule has 0 unspecified atom stereocenters. The van der Waals surface area contributed by atoms with Gasteiger partial charge >= 0.3 is 0 Å². The van der Waals surface area contributed by atoms with Gasteiger partial charge < -0.3 is 24.3 Å². The zero-order valence-corrected chi connectivity index (χ0v) is 22.1. The van der Waals surface area contributed by atoms with Crippen LogP contribution in [-0.4, -0.2) is 52.8 Å². The summed E-state index contributed by atoms with van der Waals surface area (Å²) < 4.78 is 25.2. The summed E-state index contributed by atoms with van der Waals surface area (Å²) in [7, 11) is 1.62. The molecule has 9 heteroatoms. The van der Waals surface area contributed by atoms with E-state index in [2.05, 4.69) is 33.4 Å². The van der Waals surface area contributed by atoms with Crippen molar-refractivity contribution in [3.63, 3.8) is 0 Å². The number of hydrogen-bond donors (Lipinski definition) is 1. The lowest BCUT2D eigenvalue weighted by atomic mass is 10.0. The van der Waals surface area contributed by atoms with Gasteiger partial charge in [-0.1, -0.05) is 23.8 Å². The van der Waals surface area contributed by atoms with Gasteiger partial charge in [0.2, 0.25) is 5.95 Å². The average molecular weight is 528 g/mol. The summed E-state index contributed by atoms with van der Waals surface area (Å²) in [6.07, 6.45) is 14.9. The lowest BCUT2D eigenvalue weighted by molar-refractivity contribution is 0.238. The van der Waals surface area contributed by atoms with E-state index in [1.54, 1.807) is 24.1 Å². The molecule has 1 aliphatic carbocycles. The number of methoxy groups -OCH3 is 1.